The van der Waals surface area contributed by atoms with E-state index in [1.54, 1.807) is 0 Å². The Morgan fingerprint density at radius 1 is 0.875 bits per heavy atom. The van der Waals surface area contributed by atoms with Crippen LogP contribution in [0.4, 0.5) is 0 Å². The SMILES string of the molecule is OC[C@@H]1[C@@H](O)[C@H](O)[C@@H](O)CN1CCCCCCOC1CCCCC1. The molecule has 0 aromatic heterocycles. The fourth-order valence-electron chi connectivity index (χ4n) is 3.89. The maximum atomic E-state index is 9.95. The van der Waals surface area contributed by atoms with Gasteiger partial charge in [0.15, 0.2) is 0 Å². The zero-order chi connectivity index (χ0) is 17.4. The Labute approximate surface area is 145 Å². The number of β-amino-alcohol motifs (C(OH)–C–C–N with tert-alkyl or cyclic N) is 1. The van der Waals surface area contributed by atoms with Crippen molar-refractivity contribution in [2.75, 3.05) is 26.3 Å². The number of nitrogens with zero attached hydrogens (tertiary/aromatic N) is 1. The smallest absolute Gasteiger partial charge is 0.109 e. The van der Waals surface area contributed by atoms with Gasteiger partial charge >= 0.3 is 0 Å². The molecule has 1 aliphatic carbocycles. The molecule has 1 saturated carbocycles. The summed E-state index contributed by atoms with van der Waals surface area (Å²) in [4.78, 5) is 1.89. The number of rotatable bonds is 9. The van der Waals surface area contributed by atoms with Crippen LogP contribution in [-0.4, -0.2) is 82.1 Å². The number of aliphatic hydroxyl groups is 4. The van der Waals surface area contributed by atoms with Crippen molar-refractivity contribution >= 4 is 0 Å². The van der Waals surface area contributed by atoms with E-state index in [0.29, 0.717) is 12.6 Å². The summed E-state index contributed by atoms with van der Waals surface area (Å²) in [5, 5.41) is 38.8. The molecule has 6 heteroatoms. The van der Waals surface area contributed by atoms with Gasteiger partial charge in [-0.2, -0.15) is 0 Å². The second kappa shape index (κ2) is 10.7. The lowest BCUT2D eigenvalue weighted by molar-refractivity contribution is -0.145. The zero-order valence-electron chi connectivity index (χ0n) is 14.7. The Hall–Kier alpha value is -0.240. The Morgan fingerprint density at radius 3 is 2.29 bits per heavy atom. The van der Waals surface area contributed by atoms with Crippen molar-refractivity contribution in [1.29, 1.82) is 0 Å². The van der Waals surface area contributed by atoms with Crippen LogP contribution in [0.15, 0.2) is 0 Å². The minimum atomic E-state index is -1.17. The molecule has 0 aromatic carbocycles. The summed E-state index contributed by atoms with van der Waals surface area (Å²) in [6.45, 7) is 1.65. The van der Waals surface area contributed by atoms with Crippen molar-refractivity contribution < 1.29 is 25.2 Å². The van der Waals surface area contributed by atoms with Gasteiger partial charge < -0.3 is 25.2 Å². The quantitative estimate of drug-likeness (QED) is 0.459. The molecule has 4 atom stereocenters. The maximum Gasteiger partial charge on any atom is 0.109 e. The van der Waals surface area contributed by atoms with Gasteiger partial charge in [-0.3, -0.25) is 4.90 Å². The minimum Gasteiger partial charge on any atom is -0.395 e. The third kappa shape index (κ3) is 5.93. The maximum absolute atomic E-state index is 9.95. The number of hydrogen-bond donors (Lipinski definition) is 4. The highest BCUT2D eigenvalue weighted by Crippen LogP contribution is 2.21. The fraction of sp³-hybridized carbons (Fsp3) is 1.00. The van der Waals surface area contributed by atoms with Crippen LogP contribution < -0.4 is 0 Å². The molecule has 2 fully saturated rings. The molecule has 6 nitrogen and oxygen atoms in total. The fourth-order valence-corrected chi connectivity index (χ4v) is 3.89. The highest BCUT2D eigenvalue weighted by atomic mass is 16.5. The second-order valence-electron chi connectivity index (χ2n) is 7.34. The Bertz CT molecular complexity index is 337. The summed E-state index contributed by atoms with van der Waals surface area (Å²) >= 11 is 0. The Kier molecular flexibility index (Phi) is 8.94. The normalized spacial score (nSPS) is 33.0. The van der Waals surface area contributed by atoms with E-state index < -0.39 is 24.4 Å². The average Bonchev–Trinajstić information content (AvgIpc) is 2.60. The summed E-state index contributed by atoms with van der Waals surface area (Å²) in [5.41, 5.74) is 0. The number of unbranched alkanes of at least 4 members (excludes halogenated alkanes) is 3. The molecule has 1 saturated heterocycles. The van der Waals surface area contributed by atoms with E-state index in [2.05, 4.69) is 0 Å². The molecular weight excluding hydrogens is 310 g/mol. The van der Waals surface area contributed by atoms with Crippen LogP contribution >= 0.6 is 0 Å². The van der Waals surface area contributed by atoms with Gasteiger partial charge in [0, 0.05) is 13.2 Å². The lowest BCUT2D eigenvalue weighted by Gasteiger charge is -2.43. The average molecular weight is 345 g/mol. The predicted octanol–water partition coefficient (Wildman–Crippen LogP) is 0.655. The monoisotopic (exact) mass is 345 g/mol. The molecule has 0 spiro atoms. The van der Waals surface area contributed by atoms with E-state index in [-0.39, 0.29) is 6.61 Å². The largest absolute Gasteiger partial charge is 0.395 e. The first kappa shape index (κ1) is 20.1. The molecule has 2 rings (SSSR count). The Morgan fingerprint density at radius 2 is 1.58 bits per heavy atom. The van der Waals surface area contributed by atoms with E-state index in [0.717, 1.165) is 38.8 Å². The molecule has 24 heavy (non-hydrogen) atoms. The highest BCUT2D eigenvalue weighted by molar-refractivity contribution is 4.93. The number of hydrogen-bond acceptors (Lipinski definition) is 6. The molecule has 2 aliphatic rings. The van der Waals surface area contributed by atoms with E-state index in [9.17, 15) is 20.4 Å². The first-order valence-electron chi connectivity index (χ1n) is 9.64. The molecule has 1 aliphatic heterocycles. The number of ether oxygens (including phenoxy) is 1. The summed E-state index contributed by atoms with van der Waals surface area (Å²) < 4.78 is 5.92. The van der Waals surface area contributed by atoms with Crippen molar-refractivity contribution in [2.45, 2.75) is 88.2 Å². The van der Waals surface area contributed by atoms with Crippen molar-refractivity contribution in [3.8, 4) is 0 Å². The molecule has 0 amide bonds. The lowest BCUT2D eigenvalue weighted by atomic mass is 9.94. The zero-order valence-corrected chi connectivity index (χ0v) is 14.7. The van der Waals surface area contributed by atoms with Crippen molar-refractivity contribution in [1.82, 2.24) is 4.90 Å². The van der Waals surface area contributed by atoms with Crippen LogP contribution in [0.3, 0.4) is 0 Å². The number of likely N-dealkylation sites (tertiary alicyclic amines) is 1. The van der Waals surface area contributed by atoms with Gasteiger partial charge in [0.1, 0.15) is 12.2 Å². The van der Waals surface area contributed by atoms with Gasteiger partial charge in [-0.15, -0.1) is 0 Å². The van der Waals surface area contributed by atoms with E-state index >= 15 is 0 Å². The molecule has 0 bridgehead atoms. The van der Waals surface area contributed by atoms with E-state index in [1.165, 1.54) is 32.1 Å². The van der Waals surface area contributed by atoms with Gasteiger partial charge in [-0.1, -0.05) is 32.1 Å². The lowest BCUT2D eigenvalue weighted by Crippen LogP contribution is -2.62. The third-order valence-corrected chi connectivity index (χ3v) is 5.46. The standard InChI is InChI=1S/C18H35NO5/c20-13-15-17(22)18(23)16(21)12-19(15)10-6-1-2-7-11-24-14-8-4-3-5-9-14/h14-18,20-23H,1-13H2/t15-,16+,17-,18-/m1/s1. The van der Waals surface area contributed by atoms with Crippen molar-refractivity contribution in [3.05, 3.63) is 0 Å². The van der Waals surface area contributed by atoms with Crippen molar-refractivity contribution in [3.63, 3.8) is 0 Å². The Balaban J connectivity index is 1.54. The minimum absolute atomic E-state index is 0.208. The van der Waals surface area contributed by atoms with Crippen LogP contribution in [-0.2, 0) is 4.74 Å². The molecule has 0 radical (unpaired) electrons. The topological polar surface area (TPSA) is 93.4 Å². The first-order chi connectivity index (χ1) is 11.6. The van der Waals surface area contributed by atoms with E-state index in [4.69, 9.17) is 4.74 Å². The van der Waals surface area contributed by atoms with Gasteiger partial charge in [0.05, 0.1) is 24.9 Å². The summed E-state index contributed by atoms with van der Waals surface area (Å²) in [5.74, 6) is 0. The van der Waals surface area contributed by atoms with Gasteiger partial charge in [-0.05, 0) is 32.2 Å². The summed E-state index contributed by atoms with van der Waals surface area (Å²) in [6.07, 6.45) is 7.86. The second-order valence-corrected chi connectivity index (χ2v) is 7.34. The highest BCUT2D eigenvalue weighted by Gasteiger charge is 2.40. The number of piperidine rings is 1. The van der Waals surface area contributed by atoms with Crippen LogP contribution in [0, 0.1) is 0 Å². The van der Waals surface area contributed by atoms with E-state index in [1.807, 2.05) is 4.90 Å². The molecule has 1 heterocycles. The molecule has 4 N–H and O–H groups in total. The molecule has 142 valence electrons. The third-order valence-electron chi connectivity index (χ3n) is 5.46. The van der Waals surface area contributed by atoms with Crippen LogP contribution in [0.1, 0.15) is 57.8 Å². The van der Waals surface area contributed by atoms with Crippen LogP contribution in [0.2, 0.25) is 0 Å². The number of aliphatic hydroxyl groups excluding tert-OH is 4. The van der Waals surface area contributed by atoms with Crippen LogP contribution in [0.25, 0.3) is 0 Å². The van der Waals surface area contributed by atoms with Crippen LogP contribution in [0.5, 0.6) is 0 Å². The molecule has 0 aromatic rings. The summed E-state index contributed by atoms with van der Waals surface area (Å²) in [6, 6.07) is -0.488. The molecule has 0 unspecified atom stereocenters. The first-order valence-corrected chi connectivity index (χ1v) is 9.64. The summed E-state index contributed by atoms with van der Waals surface area (Å²) in [7, 11) is 0. The van der Waals surface area contributed by atoms with Crippen molar-refractivity contribution in [2.24, 2.45) is 0 Å². The predicted molar refractivity (Wildman–Crippen MR) is 91.8 cm³/mol. The van der Waals surface area contributed by atoms with Gasteiger partial charge in [-0.25, -0.2) is 0 Å². The van der Waals surface area contributed by atoms with Gasteiger partial charge in [0.2, 0.25) is 0 Å². The molecular formula is C18H35NO5. The van der Waals surface area contributed by atoms with Gasteiger partial charge in [0.25, 0.3) is 0 Å².